The molecule has 0 aliphatic rings. The van der Waals surface area contributed by atoms with Crippen LogP contribution in [-0.2, 0) is 11.3 Å². The Bertz CT molecular complexity index is 977. The number of amides is 1. The standard InChI is InChI=1S/C17H14N4O4S/c1-10-14(16(24)25-9-11-5-3-2-4-6-11)26-17(18-10)19-15(23)12-7-8-13(22)21-20-12/h2-8H,9H2,1H3,(H,21,22)(H,18,19,23). The Morgan fingerprint density at radius 3 is 2.65 bits per heavy atom. The number of rotatable bonds is 5. The molecule has 0 aliphatic heterocycles. The van der Waals surface area contributed by atoms with Crippen molar-refractivity contribution in [1.82, 2.24) is 15.2 Å². The van der Waals surface area contributed by atoms with Gasteiger partial charge in [0.1, 0.15) is 17.2 Å². The maximum absolute atomic E-state index is 12.2. The highest BCUT2D eigenvalue weighted by Gasteiger charge is 2.19. The van der Waals surface area contributed by atoms with Crippen LogP contribution in [0.4, 0.5) is 5.13 Å². The van der Waals surface area contributed by atoms with Crippen molar-refractivity contribution in [3.63, 3.8) is 0 Å². The number of anilines is 1. The Morgan fingerprint density at radius 2 is 1.96 bits per heavy atom. The lowest BCUT2D eigenvalue weighted by Crippen LogP contribution is -2.17. The number of carbonyl (C=O) groups is 2. The number of carbonyl (C=O) groups excluding carboxylic acids is 2. The number of aromatic amines is 1. The number of hydrogen-bond acceptors (Lipinski definition) is 7. The van der Waals surface area contributed by atoms with Crippen LogP contribution in [0.15, 0.2) is 47.3 Å². The van der Waals surface area contributed by atoms with Crippen molar-refractivity contribution in [2.75, 3.05) is 5.32 Å². The van der Waals surface area contributed by atoms with Gasteiger partial charge < -0.3 is 4.74 Å². The monoisotopic (exact) mass is 370 g/mol. The number of benzene rings is 1. The van der Waals surface area contributed by atoms with Crippen molar-refractivity contribution in [1.29, 1.82) is 0 Å². The van der Waals surface area contributed by atoms with Gasteiger partial charge in [-0.05, 0) is 18.6 Å². The second-order valence-corrected chi connectivity index (χ2v) is 6.25. The maximum Gasteiger partial charge on any atom is 0.350 e. The summed E-state index contributed by atoms with van der Waals surface area (Å²) >= 11 is 1.01. The lowest BCUT2D eigenvalue weighted by molar-refractivity contribution is 0.0477. The molecule has 26 heavy (non-hydrogen) atoms. The second-order valence-electron chi connectivity index (χ2n) is 5.26. The fraction of sp³-hybridized carbons (Fsp3) is 0.118. The van der Waals surface area contributed by atoms with Gasteiger partial charge in [-0.25, -0.2) is 14.9 Å². The molecule has 0 saturated heterocycles. The number of nitrogens with zero attached hydrogens (tertiary/aromatic N) is 2. The molecule has 3 aromatic rings. The number of ether oxygens (including phenoxy) is 1. The summed E-state index contributed by atoms with van der Waals surface area (Å²) < 4.78 is 5.28. The van der Waals surface area contributed by atoms with Crippen LogP contribution in [-0.4, -0.2) is 27.1 Å². The zero-order valence-electron chi connectivity index (χ0n) is 13.7. The molecule has 8 nitrogen and oxygen atoms in total. The molecule has 0 atom stereocenters. The molecular formula is C17H14N4O4S. The van der Waals surface area contributed by atoms with E-state index in [4.69, 9.17) is 4.74 Å². The summed E-state index contributed by atoms with van der Waals surface area (Å²) in [5, 5.41) is 8.60. The molecular weight excluding hydrogens is 356 g/mol. The highest BCUT2D eigenvalue weighted by Crippen LogP contribution is 2.24. The fourth-order valence-corrected chi connectivity index (χ4v) is 2.92. The summed E-state index contributed by atoms with van der Waals surface area (Å²) in [6, 6.07) is 11.8. The van der Waals surface area contributed by atoms with Crippen molar-refractivity contribution in [2.45, 2.75) is 13.5 Å². The van der Waals surface area contributed by atoms with E-state index in [-0.39, 0.29) is 17.4 Å². The number of esters is 1. The first-order valence-corrected chi connectivity index (χ1v) is 8.40. The van der Waals surface area contributed by atoms with Gasteiger partial charge >= 0.3 is 5.97 Å². The second kappa shape index (κ2) is 7.70. The maximum atomic E-state index is 12.2. The molecule has 9 heteroatoms. The van der Waals surface area contributed by atoms with Crippen LogP contribution in [0.1, 0.15) is 31.4 Å². The third kappa shape index (κ3) is 4.19. The molecule has 0 spiro atoms. The van der Waals surface area contributed by atoms with Crippen molar-refractivity contribution < 1.29 is 14.3 Å². The van der Waals surface area contributed by atoms with Gasteiger partial charge in [-0.2, -0.15) is 5.10 Å². The van der Waals surface area contributed by atoms with Gasteiger partial charge in [0.05, 0.1) is 5.69 Å². The highest BCUT2D eigenvalue weighted by atomic mass is 32.1. The minimum Gasteiger partial charge on any atom is -0.457 e. The number of aryl methyl sites for hydroxylation is 1. The third-order valence-corrected chi connectivity index (χ3v) is 4.38. The Labute approximate surface area is 151 Å². The summed E-state index contributed by atoms with van der Waals surface area (Å²) in [6.45, 7) is 1.81. The number of thiazole rings is 1. The molecule has 1 aromatic carbocycles. The molecule has 0 bridgehead atoms. The number of H-pyrrole nitrogens is 1. The lowest BCUT2D eigenvalue weighted by Gasteiger charge is -2.03. The molecule has 0 fully saturated rings. The fourth-order valence-electron chi connectivity index (χ4n) is 2.06. The van der Waals surface area contributed by atoms with E-state index >= 15 is 0 Å². The van der Waals surface area contributed by atoms with Crippen LogP contribution < -0.4 is 10.9 Å². The van der Waals surface area contributed by atoms with Crippen LogP contribution in [0, 0.1) is 6.92 Å². The van der Waals surface area contributed by atoms with Crippen LogP contribution in [0.5, 0.6) is 0 Å². The summed E-state index contributed by atoms with van der Waals surface area (Å²) in [5.41, 5.74) is 0.958. The molecule has 132 valence electrons. The van der Waals surface area contributed by atoms with Gasteiger partial charge in [-0.3, -0.25) is 14.9 Å². The van der Waals surface area contributed by atoms with Gasteiger partial charge in [0.25, 0.3) is 11.5 Å². The summed E-state index contributed by atoms with van der Waals surface area (Å²) in [5.74, 6) is -1.05. The van der Waals surface area contributed by atoms with Gasteiger partial charge in [0.2, 0.25) is 0 Å². The topological polar surface area (TPSA) is 114 Å². The lowest BCUT2D eigenvalue weighted by atomic mass is 10.2. The van der Waals surface area contributed by atoms with Crippen molar-refractivity contribution in [3.05, 3.63) is 74.6 Å². The summed E-state index contributed by atoms with van der Waals surface area (Å²) in [7, 11) is 0. The van der Waals surface area contributed by atoms with Gasteiger partial charge in [0, 0.05) is 6.07 Å². The molecule has 1 amide bonds. The molecule has 0 radical (unpaired) electrons. The molecule has 3 rings (SSSR count). The molecule has 2 heterocycles. The third-order valence-electron chi connectivity index (χ3n) is 3.33. The predicted molar refractivity (Wildman–Crippen MR) is 95.2 cm³/mol. The van der Waals surface area contributed by atoms with Crippen LogP contribution in [0.25, 0.3) is 0 Å². The number of nitrogens with one attached hydrogen (secondary N) is 2. The van der Waals surface area contributed by atoms with E-state index in [1.54, 1.807) is 6.92 Å². The van der Waals surface area contributed by atoms with E-state index in [1.165, 1.54) is 12.1 Å². The summed E-state index contributed by atoms with van der Waals surface area (Å²) in [4.78, 5) is 39.8. The minimum absolute atomic E-state index is 0.0330. The van der Waals surface area contributed by atoms with E-state index in [2.05, 4.69) is 20.5 Å². The average molecular weight is 370 g/mol. The van der Waals surface area contributed by atoms with Crippen LogP contribution in [0.2, 0.25) is 0 Å². The molecule has 0 aliphatic carbocycles. The van der Waals surface area contributed by atoms with E-state index < -0.39 is 17.4 Å². The summed E-state index contributed by atoms with van der Waals surface area (Å²) in [6.07, 6.45) is 0. The van der Waals surface area contributed by atoms with E-state index in [9.17, 15) is 14.4 Å². The first kappa shape index (κ1) is 17.5. The highest BCUT2D eigenvalue weighted by molar-refractivity contribution is 7.17. The predicted octanol–water partition coefficient (Wildman–Crippen LogP) is 2.14. The Balaban J connectivity index is 1.66. The van der Waals surface area contributed by atoms with Gasteiger partial charge in [-0.15, -0.1) is 0 Å². The van der Waals surface area contributed by atoms with Crippen LogP contribution in [0.3, 0.4) is 0 Å². The quantitative estimate of drug-likeness (QED) is 0.665. The largest absolute Gasteiger partial charge is 0.457 e. The first-order chi connectivity index (χ1) is 12.5. The molecule has 0 saturated carbocycles. The zero-order valence-corrected chi connectivity index (χ0v) is 14.5. The van der Waals surface area contributed by atoms with Crippen molar-refractivity contribution in [2.24, 2.45) is 0 Å². The van der Waals surface area contributed by atoms with Crippen molar-refractivity contribution in [3.8, 4) is 0 Å². The van der Waals surface area contributed by atoms with Crippen LogP contribution >= 0.6 is 11.3 Å². The molecule has 2 aromatic heterocycles. The normalized spacial score (nSPS) is 10.3. The SMILES string of the molecule is Cc1nc(NC(=O)c2ccc(=O)[nH]n2)sc1C(=O)OCc1ccccc1. The molecule has 0 unspecified atom stereocenters. The van der Waals surface area contributed by atoms with E-state index in [1.807, 2.05) is 30.3 Å². The Kier molecular flexibility index (Phi) is 5.18. The van der Waals surface area contributed by atoms with Gasteiger partial charge in [0.15, 0.2) is 5.13 Å². The van der Waals surface area contributed by atoms with Crippen molar-refractivity contribution >= 4 is 28.3 Å². The number of aromatic nitrogens is 3. The zero-order chi connectivity index (χ0) is 18.5. The van der Waals surface area contributed by atoms with Gasteiger partial charge in [-0.1, -0.05) is 41.7 Å². The minimum atomic E-state index is -0.542. The number of hydrogen-bond donors (Lipinski definition) is 2. The van der Waals surface area contributed by atoms with E-state index in [0.29, 0.717) is 10.6 Å². The first-order valence-electron chi connectivity index (χ1n) is 7.58. The Morgan fingerprint density at radius 1 is 1.19 bits per heavy atom. The average Bonchev–Trinajstić information content (AvgIpc) is 3.01. The Hall–Kier alpha value is -3.33. The van der Waals surface area contributed by atoms with E-state index in [0.717, 1.165) is 16.9 Å². The molecule has 2 N–H and O–H groups in total. The smallest absolute Gasteiger partial charge is 0.350 e.